The molecule has 2 saturated heterocycles. The van der Waals surface area contributed by atoms with Gasteiger partial charge >= 0.3 is 0 Å². The van der Waals surface area contributed by atoms with Gasteiger partial charge in [0.2, 0.25) is 5.89 Å². The summed E-state index contributed by atoms with van der Waals surface area (Å²) in [7, 11) is 0. The molecule has 0 amide bonds. The molecule has 3 rings (SSSR count). The van der Waals surface area contributed by atoms with Gasteiger partial charge in [-0.25, -0.2) is 0 Å². The van der Waals surface area contributed by atoms with Gasteiger partial charge in [0.15, 0.2) is 5.82 Å². The normalized spacial score (nSPS) is 34.5. The molecule has 88 valence electrons. The van der Waals surface area contributed by atoms with Crippen LogP contribution in [0.1, 0.15) is 37.4 Å². The Bertz CT molecular complexity index is 365. The van der Waals surface area contributed by atoms with Gasteiger partial charge in [0.1, 0.15) is 0 Å². The molecule has 16 heavy (non-hydrogen) atoms. The van der Waals surface area contributed by atoms with E-state index in [-0.39, 0.29) is 6.10 Å². The minimum atomic E-state index is -0.113. The van der Waals surface area contributed by atoms with E-state index in [2.05, 4.69) is 15.0 Å². The lowest BCUT2D eigenvalue weighted by Gasteiger charge is -2.36. The largest absolute Gasteiger partial charge is 0.393 e. The van der Waals surface area contributed by atoms with Gasteiger partial charge in [-0.2, -0.15) is 4.98 Å². The maximum atomic E-state index is 9.70. The van der Waals surface area contributed by atoms with Gasteiger partial charge in [-0.1, -0.05) is 5.16 Å². The highest BCUT2D eigenvalue weighted by molar-refractivity contribution is 4.97. The van der Waals surface area contributed by atoms with Crippen LogP contribution in [0.2, 0.25) is 0 Å². The van der Waals surface area contributed by atoms with Gasteiger partial charge in [0, 0.05) is 12.1 Å². The number of hydrogen-bond donors (Lipinski definition) is 1. The predicted octanol–water partition coefficient (Wildman–Crippen LogP) is 0.866. The van der Waals surface area contributed by atoms with Crippen molar-refractivity contribution in [3.63, 3.8) is 0 Å². The van der Waals surface area contributed by atoms with E-state index >= 15 is 0 Å². The molecule has 0 aromatic carbocycles. The van der Waals surface area contributed by atoms with Crippen molar-refractivity contribution in [3.8, 4) is 0 Å². The molecule has 2 unspecified atom stereocenters. The minimum absolute atomic E-state index is 0.113. The van der Waals surface area contributed by atoms with Crippen LogP contribution in [0.15, 0.2) is 4.52 Å². The monoisotopic (exact) mass is 223 g/mol. The number of aliphatic hydroxyl groups is 1. The third-order valence-corrected chi connectivity index (χ3v) is 3.75. The fourth-order valence-corrected chi connectivity index (χ4v) is 3.06. The molecule has 1 aromatic heterocycles. The summed E-state index contributed by atoms with van der Waals surface area (Å²) in [4.78, 5) is 6.65. The van der Waals surface area contributed by atoms with Crippen molar-refractivity contribution >= 4 is 0 Å². The highest BCUT2D eigenvalue weighted by Gasteiger charge is 2.40. The van der Waals surface area contributed by atoms with E-state index in [0.717, 1.165) is 19.4 Å². The maximum absolute atomic E-state index is 9.70. The zero-order valence-corrected chi connectivity index (χ0v) is 9.46. The maximum Gasteiger partial charge on any atom is 0.240 e. The zero-order valence-electron chi connectivity index (χ0n) is 9.46. The van der Waals surface area contributed by atoms with Gasteiger partial charge < -0.3 is 9.63 Å². The second-order valence-electron chi connectivity index (χ2n) is 4.92. The van der Waals surface area contributed by atoms with Gasteiger partial charge in [0.05, 0.1) is 12.6 Å². The summed E-state index contributed by atoms with van der Waals surface area (Å²) in [5.74, 6) is 1.39. The fourth-order valence-electron chi connectivity index (χ4n) is 3.06. The molecule has 3 heterocycles. The smallest absolute Gasteiger partial charge is 0.240 e. The first kappa shape index (κ1) is 10.2. The molecule has 0 saturated carbocycles. The lowest BCUT2D eigenvalue weighted by molar-refractivity contribution is 0.0256. The standard InChI is InChI=1S/C11H17N3O2/c1-7-12-11(16-13-7)6-14-8-2-3-9(14)5-10(15)4-8/h8-10,15H,2-6H2,1H3. The molecule has 1 N–H and O–H groups in total. The average Bonchev–Trinajstić information content (AvgIpc) is 2.72. The van der Waals surface area contributed by atoms with Crippen LogP contribution in [0.5, 0.6) is 0 Å². The molecule has 0 aliphatic carbocycles. The van der Waals surface area contributed by atoms with Crippen molar-refractivity contribution in [3.05, 3.63) is 11.7 Å². The SMILES string of the molecule is Cc1noc(CN2C3CCC2CC(O)C3)n1. The number of piperidine rings is 1. The molecule has 2 aliphatic heterocycles. The van der Waals surface area contributed by atoms with Gasteiger partial charge in [-0.15, -0.1) is 0 Å². The van der Waals surface area contributed by atoms with Crippen molar-refractivity contribution in [2.24, 2.45) is 0 Å². The molecule has 0 spiro atoms. The first-order chi connectivity index (χ1) is 7.72. The van der Waals surface area contributed by atoms with E-state index in [9.17, 15) is 5.11 Å². The van der Waals surface area contributed by atoms with Crippen molar-refractivity contribution in [2.45, 2.75) is 57.3 Å². The van der Waals surface area contributed by atoms with Crippen LogP contribution >= 0.6 is 0 Å². The summed E-state index contributed by atoms with van der Waals surface area (Å²) in [6, 6.07) is 1.00. The van der Waals surface area contributed by atoms with Crippen molar-refractivity contribution < 1.29 is 9.63 Å². The number of rotatable bonds is 2. The van der Waals surface area contributed by atoms with E-state index in [1.807, 2.05) is 6.92 Å². The zero-order chi connectivity index (χ0) is 11.1. The van der Waals surface area contributed by atoms with Crippen LogP contribution in [0, 0.1) is 6.92 Å². The summed E-state index contributed by atoms with van der Waals surface area (Å²) in [6.45, 7) is 2.57. The van der Waals surface area contributed by atoms with Gasteiger partial charge in [0.25, 0.3) is 0 Å². The number of aryl methyl sites for hydroxylation is 1. The summed E-state index contributed by atoms with van der Waals surface area (Å²) in [6.07, 6.45) is 4.05. The Kier molecular flexibility index (Phi) is 2.44. The highest BCUT2D eigenvalue weighted by Crippen LogP contribution is 2.36. The second kappa shape index (κ2) is 3.82. The third kappa shape index (κ3) is 1.74. The molecule has 5 heteroatoms. The van der Waals surface area contributed by atoms with E-state index in [1.165, 1.54) is 12.8 Å². The molecule has 2 atom stereocenters. The number of fused-ring (bicyclic) bond motifs is 2. The number of nitrogens with zero attached hydrogens (tertiary/aromatic N) is 3. The lowest BCUT2D eigenvalue weighted by Crippen LogP contribution is -2.44. The fraction of sp³-hybridized carbons (Fsp3) is 0.818. The summed E-state index contributed by atoms with van der Waals surface area (Å²) >= 11 is 0. The Hall–Kier alpha value is -0.940. The summed E-state index contributed by atoms with van der Waals surface area (Å²) in [5.41, 5.74) is 0. The molecular formula is C11H17N3O2. The van der Waals surface area contributed by atoms with Gasteiger partial charge in [-0.05, 0) is 32.6 Å². The third-order valence-electron chi connectivity index (χ3n) is 3.75. The van der Waals surface area contributed by atoms with Crippen LogP contribution in [-0.2, 0) is 6.54 Å². The average molecular weight is 223 g/mol. The Morgan fingerprint density at radius 3 is 2.62 bits per heavy atom. The molecule has 0 radical (unpaired) electrons. The summed E-state index contributed by atoms with van der Waals surface area (Å²) < 4.78 is 5.15. The number of aromatic nitrogens is 2. The number of hydrogen-bond acceptors (Lipinski definition) is 5. The van der Waals surface area contributed by atoms with E-state index in [0.29, 0.717) is 23.8 Å². The first-order valence-corrected chi connectivity index (χ1v) is 5.95. The second-order valence-corrected chi connectivity index (χ2v) is 4.92. The van der Waals surface area contributed by atoms with E-state index in [1.54, 1.807) is 0 Å². The minimum Gasteiger partial charge on any atom is -0.393 e. The molecule has 2 bridgehead atoms. The van der Waals surface area contributed by atoms with Crippen LogP contribution in [0.4, 0.5) is 0 Å². The first-order valence-electron chi connectivity index (χ1n) is 5.95. The van der Waals surface area contributed by atoms with Crippen molar-refractivity contribution in [2.75, 3.05) is 0 Å². The molecular weight excluding hydrogens is 206 g/mol. The molecule has 5 nitrogen and oxygen atoms in total. The van der Waals surface area contributed by atoms with Crippen molar-refractivity contribution in [1.82, 2.24) is 15.0 Å². The quantitative estimate of drug-likeness (QED) is 0.806. The Balaban J connectivity index is 1.72. The van der Waals surface area contributed by atoms with Crippen LogP contribution in [-0.4, -0.2) is 38.3 Å². The van der Waals surface area contributed by atoms with E-state index < -0.39 is 0 Å². The van der Waals surface area contributed by atoms with Crippen LogP contribution in [0.25, 0.3) is 0 Å². The molecule has 1 aromatic rings. The molecule has 2 fully saturated rings. The highest BCUT2D eigenvalue weighted by atomic mass is 16.5. The molecule has 2 aliphatic rings. The van der Waals surface area contributed by atoms with Gasteiger partial charge in [-0.3, -0.25) is 4.90 Å². The number of aliphatic hydroxyl groups excluding tert-OH is 1. The Morgan fingerprint density at radius 1 is 1.38 bits per heavy atom. The predicted molar refractivity (Wildman–Crippen MR) is 56.6 cm³/mol. The Morgan fingerprint density at radius 2 is 2.06 bits per heavy atom. The summed E-state index contributed by atoms with van der Waals surface area (Å²) in [5, 5.41) is 13.5. The van der Waals surface area contributed by atoms with E-state index in [4.69, 9.17) is 4.52 Å². The van der Waals surface area contributed by atoms with Crippen LogP contribution in [0.3, 0.4) is 0 Å². The topological polar surface area (TPSA) is 62.4 Å². The lowest BCUT2D eigenvalue weighted by atomic mass is 10.00. The van der Waals surface area contributed by atoms with Crippen LogP contribution < -0.4 is 0 Å². The van der Waals surface area contributed by atoms with Crippen molar-refractivity contribution in [1.29, 1.82) is 0 Å². The Labute approximate surface area is 94.4 Å².